The maximum Gasteiger partial charge on any atom is 0.276 e. The highest BCUT2D eigenvalue weighted by Crippen LogP contribution is 2.06. The van der Waals surface area contributed by atoms with Crippen LogP contribution >= 0.6 is 0 Å². The second-order valence-electron chi connectivity index (χ2n) is 3.88. The third kappa shape index (κ3) is 2.80. The molecule has 0 unspecified atom stereocenters. The molecule has 96 valence electrons. The maximum absolute atomic E-state index is 12.1. The highest BCUT2D eigenvalue weighted by molar-refractivity contribution is 5.92. The summed E-state index contributed by atoms with van der Waals surface area (Å²) in [7, 11) is 0. The number of carbonyl (C=O) groups excluding carboxylic acids is 1. The summed E-state index contributed by atoms with van der Waals surface area (Å²) in [6, 6.07) is 9.42. The molecule has 2 rings (SSSR count). The summed E-state index contributed by atoms with van der Waals surface area (Å²) in [5.41, 5.74) is 1.10. The van der Waals surface area contributed by atoms with E-state index in [0.717, 1.165) is 5.69 Å². The number of hydrogen-bond donors (Lipinski definition) is 0. The lowest BCUT2D eigenvalue weighted by Crippen LogP contribution is -2.31. The summed E-state index contributed by atoms with van der Waals surface area (Å²) in [5.74, 6) is 2.25. The average molecular weight is 254 g/mol. The third-order valence-corrected chi connectivity index (χ3v) is 2.65. The molecule has 1 aromatic heterocycles. The van der Waals surface area contributed by atoms with Crippen LogP contribution < -0.4 is 0 Å². The van der Waals surface area contributed by atoms with E-state index in [1.54, 1.807) is 4.90 Å². The smallest absolute Gasteiger partial charge is 0.276 e. The average Bonchev–Trinajstić information content (AvgIpc) is 2.95. The number of terminal acetylenes is 1. The van der Waals surface area contributed by atoms with Crippen LogP contribution in [-0.4, -0.2) is 38.9 Å². The molecule has 0 radical (unpaired) electrons. The predicted octanol–water partition coefficient (Wildman–Crippen LogP) is 1.36. The summed E-state index contributed by atoms with van der Waals surface area (Å²) < 4.78 is 0. The Morgan fingerprint density at radius 2 is 2.16 bits per heavy atom. The fourth-order valence-corrected chi connectivity index (χ4v) is 1.65. The fraction of sp³-hybridized carbons (Fsp3) is 0.214. The van der Waals surface area contributed by atoms with Gasteiger partial charge in [0.15, 0.2) is 5.69 Å². The minimum atomic E-state index is -0.206. The summed E-state index contributed by atoms with van der Waals surface area (Å²) in [6.07, 6.45) is 6.68. The lowest BCUT2D eigenvalue weighted by molar-refractivity contribution is 0.0778. The number of rotatable bonds is 4. The maximum atomic E-state index is 12.1. The van der Waals surface area contributed by atoms with Gasteiger partial charge in [-0.2, -0.15) is 9.90 Å². The molecule has 2 aromatic rings. The van der Waals surface area contributed by atoms with Crippen molar-refractivity contribution >= 4 is 5.91 Å². The van der Waals surface area contributed by atoms with Gasteiger partial charge in [0.25, 0.3) is 5.91 Å². The van der Waals surface area contributed by atoms with Gasteiger partial charge in [-0.3, -0.25) is 4.79 Å². The number of para-hydroxylation sites is 1. The van der Waals surface area contributed by atoms with Crippen LogP contribution in [0, 0.1) is 12.3 Å². The van der Waals surface area contributed by atoms with Crippen molar-refractivity contribution in [3.05, 3.63) is 42.2 Å². The molecule has 0 aliphatic carbocycles. The zero-order chi connectivity index (χ0) is 13.7. The molecule has 0 spiro atoms. The van der Waals surface area contributed by atoms with Gasteiger partial charge in [-0.25, -0.2) is 0 Å². The molecule has 0 saturated heterocycles. The van der Waals surface area contributed by atoms with Gasteiger partial charge < -0.3 is 4.90 Å². The lowest BCUT2D eigenvalue weighted by Gasteiger charge is -2.15. The van der Waals surface area contributed by atoms with E-state index < -0.39 is 0 Å². The van der Waals surface area contributed by atoms with E-state index in [9.17, 15) is 4.79 Å². The van der Waals surface area contributed by atoms with Crippen LogP contribution in [0.3, 0.4) is 0 Å². The largest absolute Gasteiger partial charge is 0.326 e. The van der Waals surface area contributed by atoms with Gasteiger partial charge in [-0.05, 0) is 19.1 Å². The summed E-state index contributed by atoms with van der Waals surface area (Å²) in [4.78, 5) is 15.1. The van der Waals surface area contributed by atoms with Crippen molar-refractivity contribution in [1.82, 2.24) is 19.9 Å². The minimum Gasteiger partial charge on any atom is -0.326 e. The summed E-state index contributed by atoms with van der Waals surface area (Å²) >= 11 is 0. The van der Waals surface area contributed by atoms with Crippen LogP contribution in [0.5, 0.6) is 0 Å². The van der Waals surface area contributed by atoms with Crippen LogP contribution in [0.4, 0.5) is 0 Å². The Morgan fingerprint density at radius 1 is 1.42 bits per heavy atom. The number of carbonyl (C=O) groups is 1. The molecule has 0 aliphatic rings. The van der Waals surface area contributed by atoms with Crippen molar-refractivity contribution in [3.63, 3.8) is 0 Å². The topological polar surface area (TPSA) is 51.0 Å². The highest BCUT2D eigenvalue weighted by atomic mass is 16.2. The first-order valence-electron chi connectivity index (χ1n) is 5.96. The molecule has 0 atom stereocenters. The Hall–Kier alpha value is -2.61. The van der Waals surface area contributed by atoms with Gasteiger partial charge in [0.05, 0.1) is 18.4 Å². The first kappa shape index (κ1) is 12.8. The van der Waals surface area contributed by atoms with E-state index in [1.165, 1.54) is 11.0 Å². The van der Waals surface area contributed by atoms with Gasteiger partial charge in [0, 0.05) is 6.54 Å². The standard InChI is InChI=1S/C14H14N4O/c1-3-10-17(4-2)14(19)13-11-15-18(16-13)12-8-6-5-7-9-12/h1,5-9,11H,4,10H2,2H3. The molecule has 0 fully saturated rings. The lowest BCUT2D eigenvalue weighted by atomic mass is 10.3. The van der Waals surface area contributed by atoms with Crippen molar-refractivity contribution in [3.8, 4) is 18.0 Å². The van der Waals surface area contributed by atoms with E-state index >= 15 is 0 Å². The second-order valence-corrected chi connectivity index (χ2v) is 3.88. The molecule has 5 heteroatoms. The monoisotopic (exact) mass is 254 g/mol. The number of nitrogens with zero attached hydrogens (tertiary/aromatic N) is 4. The van der Waals surface area contributed by atoms with Gasteiger partial charge in [0.1, 0.15) is 0 Å². The normalized spacial score (nSPS) is 9.89. The molecule has 19 heavy (non-hydrogen) atoms. The SMILES string of the molecule is C#CCN(CC)C(=O)c1cnn(-c2ccccc2)n1. The number of amides is 1. The number of hydrogen-bond acceptors (Lipinski definition) is 3. The molecule has 5 nitrogen and oxygen atoms in total. The van der Waals surface area contributed by atoms with E-state index in [1.807, 2.05) is 37.3 Å². The second kappa shape index (κ2) is 5.83. The van der Waals surface area contributed by atoms with Crippen molar-refractivity contribution in [1.29, 1.82) is 0 Å². The summed E-state index contributed by atoms with van der Waals surface area (Å²) in [5, 5.41) is 8.27. The number of benzene rings is 1. The zero-order valence-corrected chi connectivity index (χ0v) is 10.7. The predicted molar refractivity (Wildman–Crippen MR) is 71.8 cm³/mol. The minimum absolute atomic E-state index is 0.206. The van der Waals surface area contributed by atoms with Crippen LogP contribution in [-0.2, 0) is 0 Å². The third-order valence-electron chi connectivity index (χ3n) is 2.65. The molecule has 0 bridgehead atoms. The molecular formula is C14H14N4O. The van der Waals surface area contributed by atoms with Gasteiger partial charge >= 0.3 is 0 Å². The summed E-state index contributed by atoms with van der Waals surface area (Å²) in [6.45, 7) is 2.69. The quantitative estimate of drug-likeness (QED) is 0.774. The molecule has 1 heterocycles. The highest BCUT2D eigenvalue weighted by Gasteiger charge is 2.17. The zero-order valence-electron chi connectivity index (χ0n) is 10.7. The van der Waals surface area contributed by atoms with Gasteiger partial charge in [0.2, 0.25) is 0 Å². The Kier molecular flexibility index (Phi) is 3.94. The molecule has 0 aliphatic heterocycles. The van der Waals surface area contributed by atoms with Crippen LogP contribution in [0.15, 0.2) is 36.5 Å². The van der Waals surface area contributed by atoms with E-state index in [0.29, 0.717) is 12.2 Å². The molecule has 0 N–H and O–H groups in total. The fourth-order valence-electron chi connectivity index (χ4n) is 1.65. The van der Waals surface area contributed by atoms with Crippen molar-refractivity contribution in [2.24, 2.45) is 0 Å². The Labute approximate surface area is 111 Å². The number of aromatic nitrogens is 3. The van der Waals surface area contributed by atoms with Gasteiger partial charge in [-0.15, -0.1) is 11.5 Å². The first-order chi connectivity index (χ1) is 9.26. The van der Waals surface area contributed by atoms with Crippen molar-refractivity contribution in [2.45, 2.75) is 6.92 Å². The van der Waals surface area contributed by atoms with E-state index in [-0.39, 0.29) is 12.5 Å². The van der Waals surface area contributed by atoms with E-state index in [4.69, 9.17) is 6.42 Å². The Balaban J connectivity index is 2.22. The van der Waals surface area contributed by atoms with Crippen molar-refractivity contribution in [2.75, 3.05) is 13.1 Å². The van der Waals surface area contributed by atoms with Crippen LogP contribution in [0.2, 0.25) is 0 Å². The Bertz CT molecular complexity index is 597. The van der Waals surface area contributed by atoms with Crippen molar-refractivity contribution < 1.29 is 4.79 Å². The van der Waals surface area contributed by atoms with Crippen LogP contribution in [0.1, 0.15) is 17.4 Å². The Morgan fingerprint density at radius 3 is 2.79 bits per heavy atom. The van der Waals surface area contributed by atoms with Gasteiger partial charge in [-0.1, -0.05) is 24.1 Å². The molecule has 1 aromatic carbocycles. The molecular weight excluding hydrogens is 240 g/mol. The van der Waals surface area contributed by atoms with E-state index in [2.05, 4.69) is 16.1 Å². The molecule has 1 amide bonds. The van der Waals surface area contributed by atoms with Crippen LogP contribution in [0.25, 0.3) is 5.69 Å². The first-order valence-corrected chi connectivity index (χ1v) is 5.96. The molecule has 0 saturated carbocycles.